The Balaban J connectivity index is 0.00000161. The lowest BCUT2D eigenvalue weighted by atomic mass is 9.84. The largest absolute Gasteiger partial charge is 0.504 e. The van der Waals surface area contributed by atoms with Crippen molar-refractivity contribution in [2.45, 2.75) is 12.5 Å². The fourth-order valence-corrected chi connectivity index (χ4v) is 3.10. The van der Waals surface area contributed by atoms with E-state index in [1.165, 1.54) is 11.6 Å². The molecule has 2 aromatic rings. The van der Waals surface area contributed by atoms with Crippen LogP contribution in [-0.4, -0.2) is 28.7 Å². The molecule has 2 aromatic carbocycles. The van der Waals surface area contributed by atoms with E-state index in [4.69, 9.17) is 11.6 Å². The van der Waals surface area contributed by atoms with Gasteiger partial charge in [-0.15, -0.1) is 17.0 Å². The van der Waals surface area contributed by atoms with E-state index in [-0.39, 0.29) is 34.4 Å². The number of phenolic OH excluding ortho intramolecular Hbond substituents is 2. The third-order valence-corrected chi connectivity index (χ3v) is 4.21. The van der Waals surface area contributed by atoms with Gasteiger partial charge in [-0.2, -0.15) is 0 Å². The predicted molar refractivity (Wildman–Crippen MR) is 89.7 cm³/mol. The van der Waals surface area contributed by atoms with Crippen molar-refractivity contribution in [2.24, 2.45) is 0 Å². The standard InChI is InChI=1S/C16H16ClNO2.BrH/c1-18-8-12(10-5-6-15(19)16(20)7-10)11-3-2-4-14(17)13(11)9-18;/h2-7,12,19-20H,8-9H2,1H3;1H. The first kappa shape index (κ1) is 16.1. The fourth-order valence-electron chi connectivity index (χ4n) is 2.86. The summed E-state index contributed by atoms with van der Waals surface area (Å²) in [5, 5.41) is 19.9. The zero-order chi connectivity index (χ0) is 14.3. The van der Waals surface area contributed by atoms with E-state index in [9.17, 15) is 10.2 Å². The second-order valence-corrected chi connectivity index (χ2v) is 5.71. The Kier molecular flexibility index (Phi) is 4.81. The Morgan fingerprint density at radius 2 is 1.90 bits per heavy atom. The van der Waals surface area contributed by atoms with Crippen molar-refractivity contribution in [3.05, 3.63) is 58.1 Å². The molecule has 0 bridgehead atoms. The summed E-state index contributed by atoms with van der Waals surface area (Å²) in [7, 11) is 2.06. The van der Waals surface area contributed by atoms with E-state index in [0.29, 0.717) is 0 Å². The van der Waals surface area contributed by atoms with Gasteiger partial charge in [0.05, 0.1) is 0 Å². The van der Waals surface area contributed by atoms with Crippen LogP contribution in [0.2, 0.25) is 5.02 Å². The second kappa shape index (κ2) is 6.26. The summed E-state index contributed by atoms with van der Waals surface area (Å²) in [6, 6.07) is 11.0. The zero-order valence-electron chi connectivity index (χ0n) is 11.6. The van der Waals surface area contributed by atoms with Gasteiger partial charge in [0.1, 0.15) is 0 Å². The van der Waals surface area contributed by atoms with Crippen molar-refractivity contribution in [1.82, 2.24) is 4.90 Å². The highest BCUT2D eigenvalue weighted by Gasteiger charge is 2.26. The molecule has 0 radical (unpaired) electrons. The van der Waals surface area contributed by atoms with Crippen molar-refractivity contribution in [3.8, 4) is 11.5 Å². The van der Waals surface area contributed by atoms with Crippen LogP contribution in [0.15, 0.2) is 36.4 Å². The van der Waals surface area contributed by atoms with Gasteiger partial charge in [-0.3, -0.25) is 0 Å². The minimum atomic E-state index is -0.0933. The summed E-state index contributed by atoms with van der Waals surface area (Å²) in [6.07, 6.45) is 0. The molecule has 0 spiro atoms. The molecule has 0 amide bonds. The topological polar surface area (TPSA) is 43.7 Å². The number of benzene rings is 2. The summed E-state index contributed by atoms with van der Waals surface area (Å²) >= 11 is 6.30. The van der Waals surface area contributed by atoms with E-state index in [1.807, 2.05) is 18.2 Å². The first-order chi connectivity index (χ1) is 9.56. The van der Waals surface area contributed by atoms with Gasteiger partial charge in [-0.1, -0.05) is 29.8 Å². The summed E-state index contributed by atoms with van der Waals surface area (Å²) < 4.78 is 0. The van der Waals surface area contributed by atoms with Gasteiger partial charge < -0.3 is 15.1 Å². The van der Waals surface area contributed by atoms with Gasteiger partial charge in [0, 0.05) is 24.0 Å². The van der Waals surface area contributed by atoms with Crippen molar-refractivity contribution in [1.29, 1.82) is 0 Å². The molecular formula is C16H17BrClNO2. The van der Waals surface area contributed by atoms with Gasteiger partial charge in [-0.05, 0) is 41.9 Å². The number of phenols is 2. The Morgan fingerprint density at radius 1 is 1.14 bits per heavy atom. The molecule has 0 aromatic heterocycles. The van der Waals surface area contributed by atoms with Crippen molar-refractivity contribution in [3.63, 3.8) is 0 Å². The number of halogens is 2. The minimum Gasteiger partial charge on any atom is -0.504 e. The average Bonchev–Trinajstić information content (AvgIpc) is 2.42. The summed E-state index contributed by atoms with van der Waals surface area (Å²) in [4.78, 5) is 2.21. The van der Waals surface area contributed by atoms with E-state index in [0.717, 1.165) is 29.2 Å². The molecule has 21 heavy (non-hydrogen) atoms. The van der Waals surface area contributed by atoms with Gasteiger partial charge in [0.2, 0.25) is 0 Å². The maximum absolute atomic E-state index is 9.71. The molecule has 1 atom stereocenters. The lowest BCUT2D eigenvalue weighted by Gasteiger charge is -2.33. The maximum atomic E-state index is 9.71. The first-order valence-corrected chi connectivity index (χ1v) is 6.92. The molecule has 1 unspecified atom stereocenters. The zero-order valence-corrected chi connectivity index (χ0v) is 14.1. The third-order valence-electron chi connectivity index (χ3n) is 3.85. The molecule has 0 saturated heterocycles. The Hall–Kier alpha value is -1.23. The smallest absolute Gasteiger partial charge is 0.157 e. The van der Waals surface area contributed by atoms with Crippen molar-refractivity contribution >= 4 is 28.6 Å². The van der Waals surface area contributed by atoms with Crippen LogP contribution in [-0.2, 0) is 6.54 Å². The molecule has 3 nitrogen and oxygen atoms in total. The summed E-state index contributed by atoms with van der Waals surface area (Å²) in [5.41, 5.74) is 3.32. The van der Waals surface area contributed by atoms with Crippen LogP contribution in [0.3, 0.4) is 0 Å². The van der Waals surface area contributed by atoms with E-state index < -0.39 is 0 Å². The lowest BCUT2D eigenvalue weighted by Crippen LogP contribution is -2.31. The molecule has 0 aliphatic carbocycles. The second-order valence-electron chi connectivity index (χ2n) is 5.31. The Bertz CT molecular complexity index is 663. The molecule has 3 rings (SSSR count). The Labute approximate surface area is 139 Å². The lowest BCUT2D eigenvalue weighted by molar-refractivity contribution is 0.295. The number of fused-ring (bicyclic) bond motifs is 1. The number of hydrogen-bond donors (Lipinski definition) is 2. The molecule has 2 N–H and O–H groups in total. The maximum Gasteiger partial charge on any atom is 0.157 e. The van der Waals surface area contributed by atoms with Crippen molar-refractivity contribution < 1.29 is 10.2 Å². The number of aromatic hydroxyl groups is 2. The highest BCUT2D eigenvalue weighted by molar-refractivity contribution is 8.93. The molecule has 1 aliphatic rings. The highest BCUT2D eigenvalue weighted by Crippen LogP contribution is 2.38. The van der Waals surface area contributed by atoms with Crippen LogP contribution in [0, 0.1) is 0 Å². The first-order valence-electron chi connectivity index (χ1n) is 6.54. The van der Waals surface area contributed by atoms with E-state index >= 15 is 0 Å². The molecule has 1 heterocycles. The van der Waals surface area contributed by atoms with Crippen LogP contribution in [0.1, 0.15) is 22.6 Å². The van der Waals surface area contributed by atoms with Gasteiger partial charge >= 0.3 is 0 Å². The summed E-state index contributed by atoms with van der Waals surface area (Å²) in [6.45, 7) is 1.69. The number of rotatable bonds is 1. The normalized spacial score (nSPS) is 17.9. The molecular weight excluding hydrogens is 354 g/mol. The molecule has 5 heteroatoms. The average molecular weight is 371 g/mol. The van der Waals surface area contributed by atoms with Crippen LogP contribution in [0.5, 0.6) is 11.5 Å². The fraction of sp³-hybridized carbons (Fsp3) is 0.250. The molecule has 112 valence electrons. The third kappa shape index (κ3) is 3.03. The molecule has 1 aliphatic heterocycles. The monoisotopic (exact) mass is 369 g/mol. The molecule has 0 fully saturated rings. The van der Waals surface area contributed by atoms with Crippen LogP contribution >= 0.6 is 28.6 Å². The Morgan fingerprint density at radius 3 is 2.62 bits per heavy atom. The van der Waals surface area contributed by atoms with Gasteiger partial charge in [0.25, 0.3) is 0 Å². The summed E-state index contributed by atoms with van der Waals surface area (Å²) in [5.74, 6) is -0.0301. The van der Waals surface area contributed by atoms with Crippen LogP contribution in [0.4, 0.5) is 0 Å². The highest BCUT2D eigenvalue weighted by atomic mass is 79.9. The number of nitrogens with zero attached hydrogens (tertiary/aromatic N) is 1. The number of hydrogen-bond acceptors (Lipinski definition) is 3. The predicted octanol–water partition coefficient (Wildman–Crippen LogP) is 3.91. The van der Waals surface area contributed by atoms with Crippen LogP contribution < -0.4 is 0 Å². The quantitative estimate of drug-likeness (QED) is 0.748. The van der Waals surface area contributed by atoms with Crippen LogP contribution in [0.25, 0.3) is 0 Å². The minimum absolute atomic E-state index is 0. The van der Waals surface area contributed by atoms with E-state index in [2.05, 4.69) is 18.0 Å². The van der Waals surface area contributed by atoms with E-state index in [1.54, 1.807) is 6.07 Å². The molecule has 0 saturated carbocycles. The van der Waals surface area contributed by atoms with Crippen molar-refractivity contribution in [2.75, 3.05) is 13.6 Å². The van der Waals surface area contributed by atoms with Gasteiger partial charge in [0.15, 0.2) is 11.5 Å². The van der Waals surface area contributed by atoms with Gasteiger partial charge in [-0.25, -0.2) is 0 Å². The SMILES string of the molecule is Br.CN1Cc2c(Cl)cccc2C(c2ccc(O)c(O)c2)C1. The number of likely N-dealkylation sites (N-methyl/N-ethyl adjacent to an activating group) is 1.